The number of ether oxygens (including phenoxy) is 1. The maximum absolute atomic E-state index is 12.9. The number of guanidine groups is 1. The molecule has 148 valence electrons. The van der Waals surface area contributed by atoms with E-state index in [1.165, 1.54) is 12.1 Å². The number of benzene rings is 1. The lowest BCUT2D eigenvalue weighted by Crippen LogP contribution is -2.41. The number of aliphatic imine (C=N–C) groups is 1. The Balaban J connectivity index is 1.53. The molecule has 8 heteroatoms. The summed E-state index contributed by atoms with van der Waals surface area (Å²) in [6.45, 7) is 4.53. The Labute approximate surface area is 163 Å². The highest BCUT2D eigenvalue weighted by atomic mass is 19.1. The number of nitrogens with zero attached hydrogens (tertiary/aromatic N) is 5. The molecule has 0 aliphatic carbocycles. The van der Waals surface area contributed by atoms with Gasteiger partial charge in [-0.2, -0.15) is 0 Å². The molecule has 0 radical (unpaired) electrons. The molecule has 3 rings (SSSR count). The molecule has 0 saturated heterocycles. The van der Waals surface area contributed by atoms with Gasteiger partial charge in [-0.05, 0) is 43.3 Å². The van der Waals surface area contributed by atoms with Crippen LogP contribution in [0.2, 0.25) is 0 Å². The van der Waals surface area contributed by atoms with Gasteiger partial charge in [0.1, 0.15) is 24.0 Å². The zero-order valence-corrected chi connectivity index (χ0v) is 16.2. The lowest BCUT2D eigenvalue weighted by molar-refractivity contribution is 0.281. The van der Waals surface area contributed by atoms with Gasteiger partial charge in [0, 0.05) is 32.8 Å². The molecular formula is C20H25FN6O. The Bertz CT molecular complexity index is 908. The molecule has 0 bridgehead atoms. The molecule has 2 aromatic heterocycles. The van der Waals surface area contributed by atoms with Crippen LogP contribution in [0.4, 0.5) is 4.39 Å². The molecule has 0 aliphatic rings. The van der Waals surface area contributed by atoms with Crippen molar-refractivity contribution < 1.29 is 9.13 Å². The second-order valence-corrected chi connectivity index (χ2v) is 6.25. The zero-order chi connectivity index (χ0) is 19.8. The van der Waals surface area contributed by atoms with Crippen LogP contribution in [0.3, 0.4) is 0 Å². The summed E-state index contributed by atoms with van der Waals surface area (Å²) in [5.74, 6) is 2.07. The van der Waals surface area contributed by atoms with E-state index in [1.54, 1.807) is 12.1 Å². The first-order valence-electron chi connectivity index (χ1n) is 9.34. The largest absolute Gasteiger partial charge is 0.492 e. The van der Waals surface area contributed by atoms with E-state index in [0.29, 0.717) is 31.9 Å². The van der Waals surface area contributed by atoms with Crippen molar-refractivity contribution in [3.8, 4) is 5.75 Å². The molecule has 3 aromatic rings. The van der Waals surface area contributed by atoms with E-state index in [4.69, 9.17) is 4.74 Å². The minimum absolute atomic E-state index is 0.272. The smallest absolute Gasteiger partial charge is 0.193 e. The first-order chi connectivity index (χ1) is 13.7. The van der Waals surface area contributed by atoms with E-state index in [1.807, 2.05) is 47.7 Å². The Morgan fingerprint density at radius 3 is 2.82 bits per heavy atom. The van der Waals surface area contributed by atoms with E-state index in [-0.39, 0.29) is 5.82 Å². The van der Waals surface area contributed by atoms with Crippen LogP contribution in [-0.2, 0) is 6.42 Å². The molecule has 0 atom stereocenters. The van der Waals surface area contributed by atoms with Crippen molar-refractivity contribution >= 4 is 11.6 Å². The standard InChI is InChI=1S/C20H25FN6O/c1-3-22-20(26(2)14-15-28-17-9-7-16(21)8-10-17)23-12-11-19-25-24-18-6-4-5-13-27(18)19/h4-10,13H,3,11-12,14-15H2,1-2H3,(H,22,23). The van der Waals surface area contributed by atoms with Gasteiger partial charge in [0.05, 0.1) is 6.54 Å². The summed E-state index contributed by atoms with van der Waals surface area (Å²) < 4.78 is 20.6. The maximum atomic E-state index is 12.9. The van der Waals surface area contributed by atoms with Gasteiger partial charge in [-0.1, -0.05) is 6.07 Å². The van der Waals surface area contributed by atoms with E-state index in [2.05, 4.69) is 20.5 Å². The molecule has 28 heavy (non-hydrogen) atoms. The molecule has 0 unspecified atom stereocenters. The van der Waals surface area contributed by atoms with Crippen LogP contribution < -0.4 is 10.1 Å². The quantitative estimate of drug-likeness (QED) is 0.477. The second-order valence-electron chi connectivity index (χ2n) is 6.25. The van der Waals surface area contributed by atoms with Crippen molar-refractivity contribution in [1.82, 2.24) is 24.8 Å². The molecule has 0 saturated carbocycles. The summed E-state index contributed by atoms with van der Waals surface area (Å²) in [5.41, 5.74) is 0.837. The number of aromatic nitrogens is 3. The number of hydrogen-bond acceptors (Lipinski definition) is 4. The number of nitrogens with one attached hydrogen (secondary N) is 1. The summed E-state index contributed by atoms with van der Waals surface area (Å²) in [4.78, 5) is 6.69. The summed E-state index contributed by atoms with van der Waals surface area (Å²) in [6, 6.07) is 11.9. The van der Waals surface area contributed by atoms with Gasteiger partial charge in [-0.15, -0.1) is 10.2 Å². The number of likely N-dealkylation sites (N-methyl/N-ethyl adjacent to an activating group) is 1. The van der Waals surface area contributed by atoms with E-state index >= 15 is 0 Å². The van der Waals surface area contributed by atoms with Crippen LogP contribution >= 0.6 is 0 Å². The van der Waals surface area contributed by atoms with Gasteiger partial charge in [-0.3, -0.25) is 9.39 Å². The Morgan fingerprint density at radius 2 is 2.04 bits per heavy atom. The topological polar surface area (TPSA) is 67.0 Å². The fraction of sp³-hybridized carbons (Fsp3) is 0.350. The normalized spacial score (nSPS) is 11.6. The van der Waals surface area contributed by atoms with Gasteiger partial charge in [0.2, 0.25) is 0 Å². The summed E-state index contributed by atoms with van der Waals surface area (Å²) in [7, 11) is 1.96. The highest BCUT2D eigenvalue weighted by molar-refractivity contribution is 5.79. The first kappa shape index (κ1) is 19.6. The number of pyridine rings is 1. The Kier molecular flexibility index (Phi) is 6.78. The molecule has 0 fully saturated rings. The number of hydrogen-bond donors (Lipinski definition) is 1. The fourth-order valence-electron chi connectivity index (χ4n) is 2.73. The van der Waals surface area contributed by atoms with Crippen molar-refractivity contribution in [3.63, 3.8) is 0 Å². The van der Waals surface area contributed by atoms with Crippen LogP contribution in [0.1, 0.15) is 12.7 Å². The van der Waals surface area contributed by atoms with Crippen molar-refractivity contribution in [2.24, 2.45) is 4.99 Å². The highest BCUT2D eigenvalue weighted by Crippen LogP contribution is 2.10. The third-order valence-corrected chi connectivity index (χ3v) is 4.19. The van der Waals surface area contributed by atoms with Crippen LogP contribution in [0.5, 0.6) is 5.75 Å². The van der Waals surface area contributed by atoms with E-state index in [0.717, 1.165) is 24.0 Å². The Hall–Kier alpha value is -3.16. The lowest BCUT2D eigenvalue weighted by Gasteiger charge is -2.22. The lowest BCUT2D eigenvalue weighted by atomic mass is 10.3. The zero-order valence-electron chi connectivity index (χ0n) is 16.2. The predicted molar refractivity (Wildman–Crippen MR) is 107 cm³/mol. The molecule has 7 nitrogen and oxygen atoms in total. The first-order valence-corrected chi connectivity index (χ1v) is 9.34. The van der Waals surface area contributed by atoms with Crippen molar-refractivity contribution in [2.75, 3.05) is 33.3 Å². The number of fused-ring (bicyclic) bond motifs is 1. The number of rotatable bonds is 8. The molecule has 2 heterocycles. The van der Waals surface area contributed by atoms with Crippen LogP contribution in [0.15, 0.2) is 53.7 Å². The summed E-state index contributed by atoms with van der Waals surface area (Å²) >= 11 is 0. The van der Waals surface area contributed by atoms with Gasteiger partial charge >= 0.3 is 0 Å². The van der Waals surface area contributed by atoms with Crippen molar-refractivity contribution in [3.05, 3.63) is 60.3 Å². The van der Waals surface area contributed by atoms with Gasteiger partial charge in [-0.25, -0.2) is 4.39 Å². The highest BCUT2D eigenvalue weighted by Gasteiger charge is 2.07. The molecule has 0 spiro atoms. The second kappa shape index (κ2) is 9.68. The molecule has 1 N–H and O–H groups in total. The van der Waals surface area contributed by atoms with Crippen molar-refractivity contribution in [2.45, 2.75) is 13.3 Å². The predicted octanol–water partition coefficient (Wildman–Crippen LogP) is 2.39. The monoisotopic (exact) mass is 384 g/mol. The molecule has 1 aromatic carbocycles. The Morgan fingerprint density at radius 1 is 1.21 bits per heavy atom. The molecular weight excluding hydrogens is 359 g/mol. The summed E-state index contributed by atoms with van der Waals surface area (Å²) in [6.07, 6.45) is 2.65. The van der Waals surface area contributed by atoms with Crippen LogP contribution in [0.25, 0.3) is 5.65 Å². The number of halogens is 1. The third kappa shape index (κ3) is 5.18. The van der Waals surface area contributed by atoms with E-state index < -0.39 is 0 Å². The van der Waals surface area contributed by atoms with Crippen LogP contribution in [-0.4, -0.2) is 58.7 Å². The maximum Gasteiger partial charge on any atom is 0.193 e. The van der Waals surface area contributed by atoms with Gasteiger partial charge < -0.3 is 15.0 Å². The SMILES string of the molecule is CCNC(=NCCc1nnc2ccccn12)N(C)CCOc1ccc(F)cc1. The fourth-order valence-corrected chi connectivity index (χ4v) is 2.73. The van der Waals surface area contributed by atoms with E-state index in [9.17, 15) is 4.39 Å². The van der Waals surface area contributed by atoms with Gasteiger partial charge in [0.15, 0.2) is 11.6 Å². The minimum Gasteiger partial charge on any atom is -0.492 e. The molecule has 0 amide bonds. The third-order valence-electron chi connectivity index (χ3n) is 4.19. The summed E-state index contributed by atoms with van der Waals surface area (Å²) in [5, 5.41) is 11.7. The van der Waals surface area contributed by atoms with Crippen LogP contribution in [0, 0.1) is 5.82 Å². The average Bonchev–Trinajstić information content (AvgIpc) is 3.12. The molecule has 0 aliphatic heterocycles. The van der Waals surface area contributed by atoms with Crippen molar-refractivity contribution in [1.29, 1.82) is 0 Å². The minimum atomic E-state index is -0.272. The van der Waals surface area contributed by atoms with Gasteiger partial charge in [0.25, 0.3) is 0 Å². The average molecular weight is 384 g/mol.